The SMILES string of the molecule is CC1(C)c2ccccc2-c2ccc(-c3cc(-c4ccc(N(c5ccc(-c6ccccc6)cc5)c5ccccc5-c5ccccc5)cc4)cc4c3sc3ccccc34)cc21. The first kappa shape index (κ1) is 35.2. The van der Waals surface area contributed by atoms with Crippen molar-refractivity contribution in [1.29, 1.82) is 0 Å². The van der Waals surface area contributed by atoms with Crippen LogP contribution in [0.1, 0.15) is 25.0 Å². The van der Waals surface area contributed by atoms with E-state index in [-0.39, 0.29) is 5.41 Å². The van der Waals surface area contributed by atoms with Gasteiger partial charge in [0.25, 0.3) is 0 Å². The number of hydrogen-bond acceptors (Lipinski definition) is 2. The molecule has 1 aliphatic rings. The quantitative estimate of drug-likeness (QED) is 0.156. The van der Waals surface area contributed by atoms with Crippen LogP contribution in [0.5, 0.6) is 0 Å². The van der Waals surface area contributed by atoms with E-state index in [0.717, 1.165) is 17.1 Å². The predicted octanol–water partition coefficient (Wildman–Crippen LogP) is 16.5. The predicted molar refractivity (Wildman–Crippen MR) is 253 cm³/mol. The number of nitrogens with zero attached hydrogens (tertiary/aromatic N) is 1. The molecule has 0 aliphatic heterocycles. The molecule has 0 atom stereocenters. The molecular weight excluding hydrogens is 731 g/mol. The van der Waals surface area contributed by atoms with Gasteiger partial charge in [-0.05, 0) is 110 Å². The Morgan fingerprint density at radius 2 is 0.898 bits per heavy atom. The lowest BCUT2D eigenvalue weighted by atomic mass is 9.81. The van der Waals surface area contributed by atoms with E-state index >= 15 is 0 Å². The third kappa shape index (κ3) is 5.99. The maximum atomic E-state index is 2.46. The summed E-state index contributed by atoms with van der Waals surface area (Å²) < 4.78 is 2.65. The third-order valence-corrected chi connectivity index (χ3v) is 13.5. The van der Waals surface area contributed by atoms with E-state index < -0.39 is 0 Å². The molecule has 9 aromatic carbocycles. The Bertz CT molecular complexity index is 3160. The van der Waals surface area contributed by atoms with Crippen molar-refractivity contribution in [2.45, 2.75) is 19.3 Å². The Labute approximate surface area is 350 Å². The number of hydrogen-bond donors (Lipinski definition) is 0. The van der Waals surface area contributed by atoms with E-state index in [9.17, 15) is 0 Å². The lowest BCUT2D eigenvalue weighted by Gasteiger charge is -2.28. The van der Waals surface area contributed by atoms with Crippen molar-refractivity contribution in [2.24, 2.45) is 0 Å². The molecule has 59 heavy (non-hydrogen) atoms. The maximum absolute atomic E-state index is 2.46. The number of para-hydroxylation sites is 1. The summed E-state index contributed by atoms with van der Waals surface area (Å²) in [6.45, 7) is 4.74. The molecule has 1 aliphatic carbocycles. The molecule has 280 valence electrons. The van der Waals surface area contributed by atoms with E-state index in [1.165, 1.54) is 86.9 Å². The molecule has 0 saturated heterocycles. The minimum atomic E-state index is -0.0679. The maximum Gasteiger partial charge on any atom is 0.0540 e. The van der Waals surface area contributed by atoms with Gasteiger partial charge >= 0.3 is 0 Å². The second-order valence-corrected chi connectivity index (χ2v) is 17.2. The first-order chi connectivity index (χ1) is 29.0. The number of fused-ring (bicyclic) bond motifs is 6. The average molecular weight is 772 g/mol. The fourth-order valence-corrected chi connectivity index (χ4v) is 10.5. The van der Waals surface area contributed by atoms with Crippen LogP contribution in [-0.4, -0.2) is 0 Å². The minimum Gasteiger partial charge on any atom is -0.310 e. The summed E-state index contributed by atoms with van der Waals surface area (Å²) >= 11 is 1.90. The van der Waals surface area contributed by atoms with Crippen LogP contribution in [-0.2, 0) is 5.41 Å². The summed E-state index contributed by atoms with van der Waals surface area (Å²) in [5.74, 6) is 0. The zero-order valence-electron chi connectivity index (χ0n) is 33.1. The van der Waals surface area contributed by atoms with Crippen LogP contribution in [0, 0.1) is 0 Å². The van der Waals surface area contributed by atoms with Crippen molar-refractivity contribution in [3.8, 4) is 55.6 Å². The molecule has 1 heterocycles. The molecule has 0 spiro atoms. The lowest BCUT2D eigenvalue weighted by Crippen LogP contribution is -2.14. The first-order valence-corrected chi connectivity index (χ1v) is 21.2. The molecule has 0 unspecified atom stereocenters. The number of anilines is 3. The van der Waals surface area contributed by atoms with Gasteiger partial charge in [0.1, 0.15) is 0 Å². The summed E-state index contributed by atoms with van der Waals surface area (Å²) in [4.78, 5) is 2.40. The van der Waals surface area contributed by atoms with E-state index in [1.54, 1.807) is 0 Å². The molecule has 0 fully saturated rings. The summed E-state index contributed by atoms with van der Waals surface area (Å²) in [7, 11) is 0. The highest BCUT2D eigenvalue weighted by Crippen LogP contribution is 2.51. The lowest BCUT2D eigenvalue weighted by molar-refractivity contribution is 0.660. The van der Waals surface area contributed by atoms with Crippen LogP contribution < -0.4 is 4.90 Å². The highest BCUT2D eigenvalue weighted by Gasteiger charge is 2.35. The van der Waals surface area contributed by atoms with Crippen LogP contribution in [0.2, 0.25) is 0 Å². The van der Waals surface area contributed by atoms with Crippen LogP contribution in [0.25, 0.3) is 75.8 Å². The van der Waals surface area contributed by atoms with Crippen molar-refractivity contribution in [3.63, 3.8) is 0 Å². The number of rotatable bonds is 7. The van der Waals surface area contributed by atoms with Crippen molar-refractivity contribution in [3.05, 3.63) is 223 Å². The van der Waals surface area contributed by atoms with Gasteiger partial charge in [0.05, 0.1) is 5.69 Å². The van der Waals surface area contributed by atoms with E-state index in [4.69, 9.17) is 0 Å². The van der Waals surface area contributed by atoms with Crippen LogP contribution in [0.3, 0.4) is 0 Å². The molecule has 0 amide bonds. The van der Waals surface area contributed by atoms with Gasteiger partial charge in [-0.2, -0.15) is 0 Å². The fourth-order valence-electron chi connectivity index (χ4n) is 9.27. The van der Waals surface area contributed by atoms with Gasteiger partial charge in [-0.3, -0.25) is 0 Å². The highest BCUT2D eigenvalue weighted by molar-refractivity contribution is 7.26. The second kappa shape index (κ2) is 14.1. The van der Waals surface area contributed by atoms with Crippen molar-refractivity contribution in [1.82, 2.24) is 0 Å². The molecule has 1 aromatic heterocycles. The molecule has 11 rings (SSSR count). The molecular formula is C57H41NS. The topological polar surface area (TPSA) is 3.24 Å². The molecule has 2 heteroatoms. The normalized spacial score (nSPS) is 12.7. The van der Waals surface area contributed by atoms with E-state index in [0.29, 0.717) is 0 Å². The molecule has 1 nitrogen and oxygen atoms in total. The van der Waals surface area contributed by atoms with Crippen molar-refractivity contribution >= 4 is 48.6 Å². The van der Waals surface area contributed by atoms with Gasteiger partial charge in [0.15, 0.2) is 0 Å². The van der Waals surface area contributed by atoms with Gasteiger partial charge in [-0.25, -0.2) is 0 Å². The van der Waals surface area contributed by atoms with Gasteiger partial charge in [-0.1, -0.05) is 172 Å². The number of benzene rings is 9. The second-order valence-electron chi connectivity index (χ2n) is 16.1. The van der Waals surface area contributed by atoms with Crippen LogP contribution >= 0.6 is 11.3 Å². The van der Waals surface area contributed by atoms with Crippen LogP contribution in [0.4, 0.5) is 17.1 Å². The highest BCUT2D eigenvalue weighted by atomic mass is 32.1. The largest absolute Gasteiger partial charge is 0.310 e. The van der Waals surface area contributed by atoms with E-state index in [2.05, 4.69) is 231 Å². The summed E-state index contributed by atoms with van der Waals surface area (Å²) in [5.41, 5.74) is 18.5. The van der Waals surface area contributed by atoms with Gasteiger partial charge in [0, 0.05) is 48.1 Å². The van der Waals surface area contributed by atoms with E-state index in [1.807, 2.05) is 11.3 Å². The van der Waals surface area contributed by atoms with Crippen molar-refractivity contribution in [2.75, 3.05) is 4.90 Å². The van der Waals surface area contributed by atoms with Gasteiger partial charge < -0.3 is 4.90 Å². The molecule has 0 bridgehead atoms. The standard InChI is InChI=1S/C57H41NS/c1-57(2)52-22-12-9-20-47(52)48-34-29-42(37-53(48)57)50-35-43(36-51-49-21-11-14-24-55(49)59-56(50)51)40-27-32-45(33-28-40)58(44-30-25-39(26-31-44)38-15-5-3-6-16-38)54-23-13-10-19-46(54)41-17-7-4-8-18-41/h3-37H,1-2H3. The Morgan fingerprint density at radius 3 is 1.63 bits per heavy atom. The van der Waals surface area contributed by atoms with Gasteiger partial charge in [-0.15, -0.1) is 11.3 Å². The smallest absolute Gasteiger partial charge is 0.0540 e. The summed E-state index contributed by atoms with van der Waals surface area (Å²) in [6, 6.07) is 77.9. The molecule has 0 saturated carbocycles. The minimum absolute atomic E-state index is 0.0679. The zero-order valence-corrected chi connectivity index (χ0v) is 33.9. The Kier molecular flexibility index (Phi) is 8.43. The molecule has 10 aromatic rings. The third-order valence-electron chi connectivity index (χ3n) is 12.3. The fraction of sp³-hybridized carbons (Fsp3) is 0.0526. The zero-order chi connectivity index (χ0) is 39.5. The van der Waals surface area contributed by atoms with Gasteiger partial charge in [0.2, 0.25) is 0 Å². The average Bonchev–Trinajstić information content (AvgIpc) is 3.79. The van der Waals surface area contributed by atoms with Crippen molar-refractivity contribution < 1.29 is 0 Å². The summed E-state index contributed by atoms with van der Waals surface area (Å²) in [5, 5.41) is 2.62. The summed E-state index contributed by atoms with van der Waals surface area (Å²) in [6.07, 6.45) is 0. The Hall–Kier alpha value is -7.00. The first-order valence-electron chi connectivity index (χ1n) is 20.4. The van der Waals surface area contributed by atoms with Crippen LogP contribution in [0.15, 0.2) is 212 Å². The Balaban J connectivity index is 1.04. The Morgan fingerprint density at radius 1 is 0.356 bits per heavy atom. The molecule has 0 radical (unpaired) electrons. The monoisotopic (exact) mass is 771 g/mol. The molecule has 0 N–H and O–H groups in total. The number of thiophene rings is 1.